The van der Waals surface area contributed by atoms with Crippen LogP contribution >= 0.6 is 23.1 Å². The van der Waals surface area contributed by atoms with E-state index in [0.29, 0.717) is 4.34 Å². The monoisotopic (exact) mass is 329 g/mol. The lowest BCUT2D eigenvalue weighted by molar-refractivity contribution is -0.133. The fourth-order valence-electron chi connectivity index (χ4n) is 1.20. The van der Waals surface area contributed by atoms with Crippen LogP contribution in [-0.4, -0.2) is 42.9 Å². The van der Waals surface area contributed by atoms with Crippen molar-refractivity contribution in [3.05, 3.63) is 32.6 Å². The molecule has 1 amide bonds. The number of carbonyl (C=O) groups excluding carboxylic acids is 1. The number of hydrogen-bond acceptors (Lipinski definition) is 8. The normalized spacial score (nSPS) is 10.3. The molecule has 0 aliphatic heterocycles. The molecule has 0 unspecified atom stereocenters. The van der Waals surface area contributed by atoms with E-state index in [-0.39, 0.29) is 16.6 Å². The number of anilines is 1. The number of thioether (sulfide) groups is 1. The second kappa shape index (κ2) is 6.32. The van der Waals surface area contributed by atoms with E-state index in [0.717, 1.165) is 29.2 Å². The molecule has 110 valence electrons. The Hall–Kier alpha value is -2.47. The Balaban J connectivity index is 2.07. The molecule has 2 rings (SSSR count). The third-order valence-corrected chi connectivity index (χ3v) is 3.91. The molecule has 0 aliphatic rings. The van der Waals surface area contributed by atoms with Crippen LogP contribution in [0.4, 0.5) is 5.13 Å². The fraction of sp³-hybridized carbons (Fsp3) is 0.111. The first kappa shape index (κ1) is 14.9. The summed E-state index contributed by atoms with van der Waals surface area (Å²) in [5.41, 5.74) is -1.74. The molecule has 0 saturated carbocycles. The lowest BCUT2D eigenvalue weighted by atomic mass is 10.4. The van der Waals surface area contributed by atoms with Crippen molar-refractivity contribution in [2.75, 3.05) is 11.1 Å². The van der Waals surface area contributed by atoms with Gasteiger partial charge in [-0.25, -0.2) is 4.79 Å². The third-order valence-electron chi connectivity index (χ3n) is 1.95. The molecule has 2 aromatic heterocycles. The predicted molar refractivity (Wildman–Crippen MR) is 73.9 cm³/mol. The number of nitrogens with one attached hydrogen (secondary N) is 3. The van der Waals surface area contributed by atoms with Crippen molar-refractivity contribution >= 4 is 40.1 Å². The molecule has 0 bridgehead atoms. The van der Waals surface area contributed by atoms with Gasteiger partial charge in [-0.3, -0.25) is 24.7 Å². The quantitative estimate of drug-likeness (QED) is 0.416. The summed E-state index contributed by atoms with van der Waals surface area (Å²) < 4.78 is 0.368. The molecule has 0 aromatic carbocycles. The van der Waals surface area contributed by atoms with Crippen molar-refractivity contribution in [3.63, 3.8) is 0 Å². The van der Waals surface area contributed by atoms with Crippen LogP contribution < -0.4 is 16.6 Å². The van der Waals surface area contributed by atoms with E-state index in [9.17, 15) is 19.2 Å². The highest BCUT2D eigenvalue weighted by molar-refractivity contribution is 8.01. The van der Waals surface area contributed by atoms with Gasteiger partial charge in [-0.1, -0.05) is 23.1 Å². The number of aromatic nitrogens is 4. The Bertz CT molecular complexity index is 766. The SMILES string of the molecule is O=C(O)CSc1nnc(NC(=O)c2cc(=O)[nH]c(=O)[nH]2)s1. The molecule has 0 spiro atoms. The predicted octanol–water partition coefficient (Wildman–Crippen LogP) is -0.656. The number of aliphatic carboxylic acids is 1. The van der Waals surface area contributed by atoms with E-state index in [1.54, 1.807) is 0 Å². The van der Waals surface area contributed by atoms with Crippen LogP contribution in [-0.2, 0) is 4.79 Å². The van der Waals surface area contributed by atoms with E-state index >= 15 is 0 Å². The van der Waals surface area contributed by atoms with Crippen LogP contribution in [0.15, 0.2) is 20.0 Å². The average molecular weight is 329 g/mol. The third kappa shape index (κ3) is 4.25. The summed E-state index contributed by atoms with van der Waals surface area (Å²) in [7, 11) is 0. The number of amides is 1. The van der Waals surface area contributed by atoms with Gasteiger partial charge in [0.2, 0.25) is 5.13 Å². The van der Waals surface area contributed by atoms with Crippen molar-refractivity contribution in [2.24, 2.45) is 0 Å². The number of rotatable bonds is 5. The minimum atomic E-state index is -0.998. The minimum absolute atomic E-state index is 0.119. The lowest BCUT2D eigenvalue weighted by Gasteiger charge is -1.99. The van der Waals surface area contributed by atoms with Gasteiger partial charge in [0.15, 0.2) is 4.34 Å². The molecule has 2 aromatic rings. The smallest absolute Gasteiger partial charge is 0.326 e. The highest BCUT2D eigenvalue weighted by atomic mass is 32.2. The maximum absolute atomic E-state index is 11.8. The van der Waals surface area contributed by atoms with E-state index in [1.165, 1.54) is 0 Å². The lowest BCUT2D eigenvalue weighted by Crippen LogP contribution is -2.27. The maximum Gasteiger partial charge on any atom is 0.326 e. The highest BCUT2D eigenvalue weighted by Gasteiger charge is 2.12. The second-order valence-corrected chi connectivity index (χ2v) is 5.71. The summed E-state index contributed by atoms with van der Waals surface area (Å²) in [6, 6.07) is 0.928. The van der Waals surface area contributed by atoms with E-state index < -0.39 is 23.1 Å². The van der Waals surface area contributed by atoms with Crippen LogP contribution in [0.2, 0.25) is 0 Å². The van der Waals surface area contributed by atoms with Crippen LogP contribution in [0, 0.1) is 0 Å². The van der Waals surface area contributed by atoms with Gasteiger partial charge in [0.05, 0.1) is 5.75 Å². The Morgan fingerprint density at radius 2 is 2.10 bits per heavy atom. The van der Waals surface area contributed by atoms with Gasteiger partial charge in [-0.15, -0.1) is 10.2 Å². The van der Waals surface area contributed by atoms with Gasteiger partial charge in [-0.05, 0) is 0 Å². The number of carbonyl (C=O) groups is 2. The minimum Gasteiger partial charge on any atom is -0.481 e. The summed E-state index contributed by atoms with van der Waals surface area (Å²) in [5, 5.41) is 18.3. The second-order valence-electron chi connectivity index (χ2n) is 3.51. The highest BCUT2D eigenvalue weighted by Crippen LogP contribution is 2.25. The van der Waals surface area contributed by atoms with Gasteiger partial charge in [0.1, 0.15) is 5.69 Å². The molecule has 12 heteroatoms. The largest absolute Gasteiger partial charge is 0.481 e. The molecular weight excluding hydrogens is 322 g/mol. The molecule has 10 nitrogen and oxygen atoms in total. The molecule has 4 N–H and O–H groups in total. The molecule has 2 heterocycles. The van der Waals surface area contributed by atoms with E-state index in [1.807, 2.05) is 4.98 Å². The van der Waals surface area contributed by atoms with Crippen molar-refractivity contribution in [1.29, 1.82) is 0 Å². The molecule has 0 atom stereocenters. The Morgan fingerprint density at radius 3 is 2.76 bits per heavy atom. The molecule has 0 fully saturated rings. The van der Waals surface area contributed by atoms with Gasteiger partial charge in [0, 0.05) is 6.07 Å². The van der Waals surface area contributed by atoms with Gasteiger partial charge in [0.25, 0.3) is 11.5 Å². The molecule has 0 radical (unpaired) electrons. The van der Waals surface area contributed by atoms with Gasteiger partial charge < -0.3 is 10.1 Å². The first-order valence-electron chi connectivity index (χ1n) is 5.27. The number of nitrogens with zero attached hydrogens (tertiary/aromatic N) is 2. The zero-order chi connectivity index (χ0) is 15.4. The summed E-state index contributed by atoms with van der Waals surface area (Å²) >= 11 is 1.93. The first-order valence-corrected chi connectivity index (χ1v) is 7.07. The molecular formula is C9H7N5O5S2. The number of hydrogen-bond donors (Lipinski definition) is 4. The summed E-state index contributed by atoms with van der Waals surface area (Å²) in [4.78, 5) is 48.4. The summed E-state index contributed by atoms with van der Waals surface area (Å²) in [5.74, 6) is -1.91. The average Bonchev–Trinajstić information content (AvgIpc) is 2.83. The Morgan fingerprint density at radius 1 is 1.33 bits per heavy atom. The molecule has 0 saturated heterocycles. The maximum atomic E-state index is 11.8. The number of H-pyrrole nitrogens is 2. The van der Waals surface area contributed by atoms with E-state index in [2.05, 4.69) is 20.5 Å². The van der Waals surface area contributed by atoms with Crippen LogP contribution in [0.1, 0.15) is 10.5 Å². The van der Waals surface area contributed by atoms with Crippen LogP contribution in [0.25, 0.3) is 0 Å². The molecule has 21 heavy (non-hydrogen) atoms. The topological polar surface area (TPSA) is 158 Å². The van der Waals surface area contributed by atoms with Crippen molar-refractivity contribution in [1.82, 2.24) is 20.2 Å². The Kier molecular flexibility index (Phi) is 4.49. The standard InChI is InChI=1S/C9H7N5O5S2/c15-4-1-3(10-7(19)11-4)6(18)12-8-13-14-9(21-8)20-2-5(16)17/h1H,2H2,(H,16,17)(H,12,13,18)(H2,10,11,15,19). The van der Waals surface area contributed by atoms with Gasteiger partial charge >= 0.3 is 11.7 Å². The molecule has 0 aliphatic carbocycles. The first-order chi connectivity index (χ1) is 9.94. The zero-order valence-electron chi connectivity index (χ0n) is 10.1. The van der Waals surface area contributed by atoms with Crippen LogP contribution in [0.3, 0.4) is 0 Å². The van der Waals surface area contributed by atoms with Crippen molar-refractivity contribution in [2.45, 2.75) is 4.34 Å². The van der Waals surface area contributed by atoms with Crippen molar-refractivity contribution < 1.29 is 14.7 Å². The Labute approximate surface area is 123 Å². The number of carboxylic acids is 1. The van der Waals surface area contributed by atoms with Crippen LogP contribution in [0.5, 0.6) is 0 Å². The van der Waals surface area contributed by atoms with Crippen molar-refractivity contribution in [3.8, 4) is 0 Å². The zero-order valence-corrected chi connectivity index (χ0v) is 11.7. The summed E-state index contributed by atoms with van der Waals surface area (Å²) in [6.07, 6.45) is 0. The summed E-state index contributed by atoms with van der Waals surface area (Å²) in [6.45, 7) is 0. The number of carboxylic acid groups (broad SMARTS) is 1. The fourth-order valence-corrected chi connectivity index (χ4v) is 2.66. The number of aromatic amines is 2. The van der Waals surface area contributed by atoms with E-state index in [4.69, 9.17) is 5.11 Å². The van der Waals surface area contributed by atoms with Gasteiger partial charge in [-0.2, -0.15) is 0 Å².